The molecule has 1 fully saturated rings. The number of nitrogens with zero attached hydrogens (tertiary/aromatic N) is 1. The fraction of sp³-hybridized carbons (Fsp3) is 0.647. The van der Waals surface area contributed by atoms with E-state index in [2.05, 4.69) is 10.6 Å². The highest BCUT2D eigenvalue weighted by atomic mass is 16.4. The molecule has 0 aliphatic carbocycles. The van der Waals surface area contributed by atoms with Crippen LogP contribution in [0.25, 0.3) is 0 Å². The molecular formula is C17H26N4O9. The molecule has 1 aliphatic rings. The summed E-state index contributed by atoms with van der Waals surface area (Å²) in [4.78, 5) is 70.9. The molecule has 1 saturated heterocycles. The Labute approximate surface area is 171 Å². The molecule has 0 aromatic rings. The highest BCUT2D eigenvalue weighted by Crippen LogP contribution is 2.18. The van der Waals surface area contributed by atoms with Crippen molar-refractivity contribution in [2.45, 2.75) is 63.2 Å². The van der Waals surface area contributed by atoms with E-state index in [4.69, 9.17) is 15.9 Å². The van der Waals surface area contributed by atoms with Gasteiger partial charge in [0.25, 0.3) is 0 Å². The Kier molecular flexibility index (Phi) is 9.17. The van der Waals surface area contributed by atoms with Crippen molar-refractivity contribution in [2.24, 2.45) is 5.73 Å². The van der Waals surface area contributed by atoms with Gasteiger partial charge in [-0.3, -0.25) is 24.0 Å². The van der Waals surface area contributed by atoms with Gasteiger partial charge < -0.3 is 36.6 Å². The van der Waals surface area contributed by atoms with E-state index in [1.54, 1.807) is 0 Å². The van der Waals surface area contributed by atoms with E-state index in [1.807, 2.05) is 0 Å². The molecule has 1 heterocycles. The summed E-state index contributed by atoms with van der Waals surface area (Å²) >= 11 is 0. The second-order valence-corrected chi connectivity index (χ2v) is 6.96. The number of nitrogens with one attached hydrogen (secondary N) is 2. The fourth-order valence-electron chi connectivity index (χ4n) is 2.98. The first-order valence-corrected chi connectivity index (χ1v) is 9.27. The van der Waals surface area contributed by atoms with Crippen LogP contribution in [0.2, 0.25) is 0 Å². The summed E-state index contributed by atoms with van der Waals surface area (Å²) in [6.07, 6.45) is -0.631. The third-order valence-electron chi connectivity index (χ3n) is 4.57. The first-order chi connectivity index (χ1) is 13.9. The topological polar surface area (TPSA) is 216 Å². The van der Waals surface area contributed by atoms with Crippen molar-refractivity contribution < 1.29 is 44.1 Å². The minimum Gasteiger partial charge on any atom is -0.481 e. The van der Waals surface area contributed by atoms with Crippen LogP contribution in [0.3, 0.4) is 0 Å². The maximum atomic E-state index is 12.5. The van der Waals surface area contributed by atoms with Crippen LogP contribution in [0.1, 0.15) is 39.0 Å². The summed E-state index contributed by atoms with van der Waals surface area (Å²) in [7, 11) is 0. The lowest BCUT2D eigenvalue weighted by atomic mass is 10.1. The van der Waals surface area contributed by atoms with Gasteiger partial charge in [-0.15, -0.1) is 0 Å². The molecule has 0 saturated carbocycles. The van der Waals surface area contributed by atoms with Crippen LogP contribution in [0.5, 0.6) is 0 Å². The van der Waals surface area contributed by atoms with Crippen molar-refractivity contribution in [3.05, 3.63) is 0 Å². The number of hydrogen-bond donors (Lipinski definition) is 6. The van der Waals surface area contributed by atoms with E-state index in [1.165, 1.54) is 6.92 Å². The molecule has 7 N–H and O–H groups in total. The van der Waals surface area contributed by atoms with Gasteiger partial charge in [-0.2, -0.15) is 0 Å². The van der Waals surface area contributed by atoms with Crippen molar-refractivity contribution in [3.63, 3.8) is 0 Å². The van der Waals surface area contributed by atoms with Gasteiger partial charge in [0.15, 0.2) is 0 Å². The Hall–Kier alpha value is -3.22. The lowest BCUT2D eigenvalue weighted by Gasteiger charge is -2.26. The van der Waals surface area contributed by atoms with Crippen LogP contribution in [-0.4, -0.2) is 86.6 Å². The monoisotopic (exact) mass is 430 g/mol. The molecule has 0 bridgehead atoms. The molecule has 13 nitrogen and oxygen atoms in total. The number of hydrogen-bond acceptors (Lipinski definition) is 7. The number of carboxylic acids is 3. The molecule has 0 aromatic heterocycles. The molecule has 3 amide bonds. The largest absolute Gasteiger partial charge is 0.481 e. The molecule has 4 unspecified atom stereocenters. The van der Waals surface area contributed by atoms with E-state index >= 15 is 0 Å². The molecule has 13 heteroatoms. The Morgan fingerprint density at radius 2 is 1.67 bits per heavy atom. The fourth-order valence-corrected chi connectivity index (χ4v) is 2.98. The van der Waals surface area contributed by atoms with Gasteiger partial charge in [0.05, 0.1) is 12.5 Å². The smallest absolute Gasteiger partial charge is 0.326 e. The van der Waals surface area contributed by atoms with Gasteiger partial charge >= 0.3 is 17.9 Å². The number of carboxylic acid groups (broad SMARTS) is 3. The van der Waals surface area contributed by atoms with E-state index in [9.17, 15) is 33.9 Å². The molecule has 30 heavy (non-hydrogen) atoms. The standard InChI is InChI=1S/C17H26N4O9/c1-8(16(28)21-6-2-3-11(21)17(29)30)19-15(27)10(7-13(24)25)20-14(26)9(18)4-5-12(22)23/h8-11H,2-7,18H2,1H3,(H,19,27)(H,20,26)(H,22,23)(H,24,25)(H,29,30). The number of rotatable bonds is 11. The lowest BCUT2D eigenvalue weighted by molar-refractivity contribution is -0.149. The molecule has 1 rings (SSSR count). The average Bonchev–Trinajstić information content (AvgIpc) is 3.14. The first-order valence-electron chi connectivity index (χ1n) is 9.27. The lowest BCUT2D eigenvalue weighted by Crippen LogP contribution is -2.56. The Bertz CT molecular complexity index is 711. The molecular weight excluding hydrogens is 404 g/mol. The van der Waals surface area contributed by atoms with E-state index in [-0.39, 0.29) is 19.4 Å². The summed E-state index contributed by atoms with van der Waals surface area (Å²) < 4.78 is 0. The van der Waals surface area contributed by atoms with Gasteiger partial charge in [0, 0.05) is 13.0 Å². The van der Waals surface area contributed by atoms with E-state index in [0.29, 0.717) is 6.42 Å². The van der Waals surface area contributed by atoms with Crippen LogP contribution >= 0.6 is 0 Å². The zero-order valence-electron chi connectivity index (χ0n) is 16.4. The van der Waals surface area contributed by atoms with Crippen molar-refractivity contribution >= 4 is 35.6 Å². The zero-order valence-corrected chi connectivity index (χ0v) is 16.4. The molecule has 0 aromatic carbocycles. The predicted octanol–water partition coefficient (Wildman–Crippen LogP) is -2.28. The molecule has 0 radical (unpaired) electrons. The van der Waals surface area contributed by atoms with Gasteiger partial charge in [-0.05, 0) is 26.2 Å². The normalized spacial score (nSPS) is 18.7. The number of amides is 3. The first kappa shape index (κ1) is 24.8. The number of carbonyl (C=O) groups excluding carboxylic acids is 3. The van der Waals surface area contributed by atoms with Crippen LogP contribution in [0.4, 0.5) is 0 Å². The minimum atomic E-state index is -1.56. The second kappa shape index (κ2) is 11.1. The summed E-state index contributed by atoms with van der Waals surface area (Å²) in [6.45, 7) is 1.53. The Balaban J connectivity index is 2.76. The summed E-state index contributed by atoms with van der Waals surface area (Å²) in [5.41, 5.74) is 5.55. The van der Waals surface area contributed by atoms with Crippen molar-refractivity contribution in [1.29, 1.82) is 0 Å². The second-order valence-electron chi connectivity index (χ2n) is 6.96. The van der Waals surface area contributed by atoms with Crippen LogP contribution in [-0.2, 0) is 28.8 Å². The third kappa shape index (κ3) is 7.31. The summed E-state index contributed by atoms with van der Waals surface area (Å²) in [5, 5.41) is 31.2. The van der Waals surface area contributed by atoms with Crippen molar-refractivity contribution in [1.82, 2.24) is 15.5 Å². The zero-order chi connectivity index (χ0) is 23.0. The van der Waals surface area contributed by atoms with E-state index in [0.717, 1.165) is 4.90 Å². The number of aliphatic carboxylic acids is 3. The molecule has 0 spiro atoms. The van der Waals surface area contributed by atoms with Gasteiger partial charge in [-0.25, -0.2) is 4.79 Å². The SMILES string of the molecule is CC(NC(=O)C(CC(=O)O)NC(=O)C(N)CCC(=O)O)C(=O)N1CCCC1C(=O)O. The highest BCUT2D eigenvalue weighted by molar-refractivity contribution is 5.95. The van der Waals surface area contributed by atoms with Crippen LogP contribution < -0.4 is 16.4 Å². The minimum absolute atomic E-state index is 0.212. The molecule has 4 atom stereocenters. The van der Waals surface area contributed by atoms with Gasteiger partial charge in [-0.1, -0.05) is 0 Å². The van der Waals surface area contributed by atoms with Crippen molar-refractivity contribution in [2.75, 3.05) is 6.54 Å². The number of nitrogens with two attached hydrogens (primary N) is 1. The third-order valence-corrected chi connectivity index (χ3v) is 4.57. The average molecular weight is 430 g/mol. The maximum Gasteiger partial charge on any atom is 0.326 e. The van der Waals surface area contributed by atoms with Crippen LogP contribution in [0.15, 0.2) is 0 Å². The predicted molar refractivity (Wildman–Crippen MR) is 99.0 cm³/mol. The molecule has 168 valence electrons. The maximum absolute atomic E-state index is 12.5. The van der Waals surface area contributed by atoms with Gasteiger partial charge in [0.2, 0.25) is 17.7 Å². The molecule has 1 aliphatic heterocycles. The summed E-state index contributed by atoms with van der Waals surface area (Å²) in [5.74, 6) is -6.27. The number of likely N-dealkylation sites (tertiary alicyclic amines) is 1. The van der Waals surface area contributed by atoms with Crippen molar-refractivity contribution in [3.8, 4) is 0 Å². The summed E-state index contributed by atoms with van der Waals surface area (Å²) in [6, 6.07) is -5.00. The Morgan fingerprint density at radius 3 is 2.20 bits per heavy atom. The van der Waals surface area contributed by atoms with Gasteiger partial charge in [0.1, 0.15) is 18.1 Å². The quantitative estimate of drug-likeness (QED) is 0.206. The Morgan fingerprint density at radius 1 is 1.03 bits per heavy atom. The van der Waals surface area contributed by atoms with Crippen LogP contribution in [0, 0.1) is 0 Å². The van der Waals surface area contributed by atoms with E-state index < -0.39 is 72.6 Å². The highest BCUT2D eigenvalue weighted by Gasteiger charge is 2.37. The number of carbonyl (C=O) groups is 6.